The molecule has 0 aliphatic carbocycles. The van der Waals surface area contributed by atoms with Crippen molar-refractivity contribution in [2.24, 2.45) is 0 Å². The Morgan fingerprint density at radius 1 is 1.29 bits per heavy atom. The number of non-ortho nitro benzene ring substituents is 1. The minimum atomic E-state index is -0.898. The van der Waals surface area contributed by atoms with Crippen LogP contribution in [-0.4, -0.2) is 35.9 Å². The number of nitrogens with zero attached hydrogens (tertiary/aromatic N) is 1. The molecule has 132 valence electrons. The highest BCUT2D eigenvalue weighted by Gasteiger charge is 2.22. The van der Waals surface area contributed by atoms with E-state index in [0.717, 1.165) is 12.1 Å². The summed E-state index contributed by atoms with van der Waals surface area (Å²) in [6.07, 6.45) is -1.62. The van der Waals surface area contributed by atoms with Gasteiger partial charge < -0.3 is 14.2 Å². The molecule has 1 aromatic carbocycles. The summed E-state index contributed by atoms with van der Waals surface area (Å²) in [6, 6.07) is 3.46. The number of carbonyl (C=O) groups is 2. The Morgan fingerprint density at radius 3 is 2.42 bits per heavy atom. The molecular formula is C15H20N2O7. The Labute approximate surface area is 139 Å². The van der Waals surface area contributed by atoms with Crippen LogP contribution in [0.1, 0.15) is 38.1 Å². The first-order valence-corrected chi connectivity index (χ1v) is 7.06. The third kappa shape index (κ3) is 5.75. The molecule has 0 fully saturated rings. The lowest BCUT2D eigenvalue weighted by atomic mass is 10.2. The molecule has 1 rings (SSSR count). The number of alkyl carbamates (subject to hydrolysis) is 1. The second kappa shape index (κ2) is 7.62. The number of ether oxygens (including phenoxy) is 3. The number of hydrogen-bond donors (Lipinski definition) is 1. The lowest BCUT2D eigenvalue weighted by Crippen LogP contribution is -2.40. The second-order valence-corrected chi connectivity index (χ2v) is 5.84. The van der Waals surface area contributed by atoms with E-state index in [9.17, 15) is 19.7 Å². The average molecular weight is 340 g/mol. The summed E-state index contributed by atoms with van der Waals surface area (Å²) in [5.74, 6) is -0.802. The fraction of sp³-hybridized carbons (Fsp3) is 0.467. The van der Waals surface area contributed by atoms with Gasteiger partial charge in [-0.2, -0.15) is 0 Å². The summed E-state index contributed by atoms with van der Waals surface area (Å²) in [7, 11) is 1.18. The molecule has 0 spiro atoms. The summed E-state index contributed by atoms with van der Waals surface area (Å²) in [6.45, 7) is 6.60. The van der Waals surface area contributed by atoms with Gasteiger partial charge in [-0.3, -0.25) is 15.4 Å². The Balaban J connectivity index is 2.94. The van der Waals surface area contributed by atoms with E-state index in [4.69, 9.17) is 9.47 Å². The number of nitro groups is 1. The number of nitro benzene ring substituents is 1. The van der Waals surface area contributed by atoms with Crippen molar-refractivity contribution >= 4 is 17.7 Å². The molecule has 0 aliphatic heterocycles. The van der Waals surface area contributed by atoms with Crippen molar-refractivity contribution in [1.29, 1.82) is 0 Å². The van der Waals surface area contributed by atoms with Crippen LogP contribution in [0.2, 0.25) is 0 Å². The van der Waals surface area contributed by atoms with Crippen LogP contribution in [0.5, 0.6) is 5.75 Å². The van der Waals surface area contributed by atoms with E-state index in [-0.39, 0.29) is 17.0 Å². The monoisotopic (exact) mass is 340 g/mol. The first-order valence-electron chi connectivity index (χ1n) is 7.06. The van der Waals surface area contributed by atoms with Gasteiger partial charge in [0.05, 0.1) is 18.1 Å². The molecule has 1 N–H and O–H groups in total. The number of methoxy groups -OCH3 is 1. The summed E-state index contributed by atoms with van der Waals surface area (Å²) >= 11 is 0. The molecule has 9 nitrogen and oxygen atoms in total. The van der Waals surface area contributed by atoms with Gasteiger partial charge in [0, 0.05) is 6.07 Å². The maximum Gasteiger partial charge on any atom is 0.410 e. The van der Waals surface area contributed by atoms with Crippen LogP contribution in [0, 0.1) is 10.1 Å². The van der Waals surface area contributed by atoms with Gasteiger partial charge in [0.2, 0.25) is 0 Å². The van der Waals surface area contributed by atoms with Crippen molar-refractivity contribution in [3.05, 3.63) is 33.9 Å². The molecule has 0 heterocycles. The number of hydrogen-bond acceptors (Lipinski definition) is 7. The highest BCUT2D eigenvalue weighted by Crippen LogP contribution is 2.26. The Bertz CT molecular complexity index is 637. The smallest absolute Gasteiger partial charge is 0.410 e. The van der Waals surface area contributed by atoms with Crippen molar-refractivity contribution in [3.63, 3.8) is 0 Å². The van der Waals surface area contributed by atoms with Crippen LogP contribution in [0.4, 0.5) is 10.5 Å². The van der Waals surface area contributed by atoms with Gasteiger partial charge in [-0.1, -0.05) is 0 Å². The maximum atomic E-state index is 11.7. The molecule has 24 heavy (non-hydrogen) atoms. The van der Waals surface area contributed by atoms with Crippen molar-refractivity contribution in [3.8, 4) is 5.75 Å². The minimum absolute atomic E-state index is 0.000869. The van der Waals surface area contributed by atoms with Gasteiger partial charge in [-0.15, -0.1) is 0 Å². The molecule has 0 radical (unpaired) electrons. The molecule has 1 unspecified atom stereocenters. The van der Waals surface area contributed by atoms with Gasteiger partial charge in [0.1, 0.15) is 16.9 Å². The number of nitrogens with one attached hydrogen (secondary N) is 1. The van der Waals surface area contributed by atoms with Crippen LogP contribution in [-0.2, 0) is 9.47 Å². The van der Waals surface area contributed by atoms with Crippen molar-refractivity contribution in [2.75, 3.05) is 7.11 Å². The topological polar surface area (TPSA) is 117 Å². The first-order chi connectivity index (χ1) is 11.0. The number of esters is 1. The fourth-order valence-electron chi connectivity index (χ4n) is 1.69. The lowest BCUT2D eigenvalue weighted by molar-refractivity contribution is -0.385. The second-order valence-electron chi connectivity index (χ2n) is 5.84. The number of benzene rings is 1. The van der Waals surface area contributed by atoms with Gasteiger partial charge in [-0.25, -0.2) is 9.59 Å². The largest absolute Gasteiger partial charge is 0.470 e. The predicted molar refractivity (Wildman–Crippen MR) is 83.9 cm³/mol. The molecule has 0 bridgehead atoms. The average Bonchev–Trinajstić information content (AvgIpc) is 2.43. The Hall–Kier alpha value is -2.84. The van der Waals surface area contributed by atoms with Crippen molar-refractivity contribution in [1.82, 2.24) is 5.32 Å². The highest BCUT2D eigenvalue weighted by atomic mass is 16.6. The number of carbonyl (C=O) groups excluding carboxylic acids is 2. The zero-order valence-electron chi connectivity index (χ0n) is 14.1. The van der Waals surface area contributed by atoms with Gasteiger partial charge >= 0.3 is 12.1 Å². The van der Waals surface area contributed by atoms with E-state index in [2.05, 4.69) is 10.1 Å². The standard InChI is InChI=1S/C15H20N2O7/c1-9(16-14(19)24-15(2,3)4)23-12-8-10(17(20)21)6-7-11(12)13(18)22-5/h6-9H,1-5H3,(H,16,19). The van der Waals surface area contributed by atoms with E-state index >= 15 is 0 Å². The predicted octanol–water partition coefficient (Wildman–Crippen LogP) is 2.63. The van der Waals surface area contributed by atoms with Gasteiger partial charge in [-0.05, 0) is 33.8 Å². The summed E-state index contributed by atoms with van der Waals surface area (Å²) < 4.78 is 15.1. The van der Waals surface area contributed by atoms with Gasteiger partial charge in [0.15, 0.2) is 6.23 Å². The van der Waals surface area contributed by atoms with E-state index in [1.54, 1.807) is 20.8 Å². The van der Waals surface area contributed by atoms with E-state index in [1.165, 1.54) is 20.1 Å². The number of amides is 1. The van der Waals surface area contributed by atoms with Crippen LogP contribution >= 0.6 is 0 Å². The maximum absolute atomic E-state index is 11.7. The Morgan fingerprint density at radius 2 is 1.92 bits per heavy atom. The molecule has 1 atom stereocenters. The number of rotatable bonds is 5. The van der Waals surface area contributed by atoms with E-state index < -0.39 is 28.8 Å². The third-order valence-electron chi connectivity index (χ3n) is 2.61. The van der Waals surface area contributed by atoms with Crippen molar-refractivity contribution in [2.45, 2.75) is 39.5 Å². The quantitative estimate of drug-likeness (QED) is 0.379. The molecule has 1 amide bonds. The molecule has 0 saturated carbocycles. The van der Waals surface area contributed by atoms with E-state index in [1.807, 2.05) is 0 Å². The molecule has 0 saturated heterocycles. The van der Waals surface area contributed by atoms with Crippen LogP contribution < -0.4 is 10.1 Å². The SMILES string of the molecule is COC(=O)c1ccc([N+](=O)[O-])cc1OC(C)NC(=O)OC(C)(C)C. The molecule has 0 aromatic heterocycles. The van der Waals surface area contributed by atoms with Crippen LogP contribution in [0.25, 0.3) is 0 Å². The summed E-state index contributed by atoms with van der Waals surface area (Å²) in [4.78, 5) is 33.7. The Kier molecular flexibility index (Phi) is 6.10. The minimum Gasteiger partial charge on any atom is -0.470 e. The summed E-state index contributed by atoms with van der Waals surface area (Å²) in [5, 5.41) is 13.3. The zero-order valence-corrected chi connectivity index (χ0v) is 14.1. The van der Waals surface area contributed by atoms with Gasteiger partial charge in [0.25, 0.3) is 5.69 Å². The molecule has 1 aromatic rings. The highest BCUT2D eigenvalue weighted by molar-refractivity contribution is 5.92. The molecule has 9 heteroatoms. The summed E-state index contributed by atoms with van der Waals surface area (Å²) in [5.41, 5.74) is -0.949. The molecule has 0 aliphatic rings. The van der Waals surface area contributed by atoms with Crippen molar-refractivity contribution < 1.29 is 28.7 Å². The zero-order chi connectivity index (χ0) is 18.5. The van der Waals surface area contributed by atoms with E-state index in [0.29, 0.717) is 0 Å². The fourth-order valence-corrected chi connectivity index (χ4v) is 1.69. The first kappa shape index (κ1) is 19.2. The van der Waals surface area contributed by atoms with Crippen LogP contribution in [0.3, 0.4) is 0 Å². The molecular weight excluding hydrogens is 320 g/mol. The van der Waals surface area contributed by atoms with Crippen LogP contribution in [0.15, 0.2) is 18.2 Å². The normalized spacial score (nSPS) is 12.0. The lowest BCUT2D eigenvalue weighted by Gasteiger charge is -2.22. The third-order valence-corrected chi connectivity index (χ3v) is 2.61.